The number of rotatable bonds is 0. The van der Waals surface area contributed by atoms with Crippen molar-refractivity contribution < 1.29 is 0 Å². The summed E-state index contributed by atoms with van der Waals surface area (Å²) in [4.78, 5) is 0. The van der Waals surface area contributed by atoms with Gasteiger partial charge in [-0.1, -0.05) is 0 Å². The van der Waals surface area contributed by atoms with E-state index in [0.29, 0.717) is 29.6 Å². The maximum atomic E-state index is 9.12. The first-order chi connectivity index (χ1) is 6.21. The van der Waals surface area contributed by atoms with E-state index in [1.165, 1.54) is 6.42 Å². The molecule has 4 saturated carbocycles. The van der Waals surface area contributed by atoms with Crippen LogP contribution < -0.4 is 0 Å². The molecule has 0 aromatic carbocycles. The third-order valence-corrected chi connectivity index (χ3v) is 5.75. The quantitative estimate of drug-likeness (QED) is 0.553. The molecule has 5 unspecified atom stereocenters. The molecule has 0 N–H and O–H groups in total. The summed E-state index contributed by atoms with van der Waals surface area (Å²) in [5, 5.41) is 18.2. The fourth-order valence-corrected chi connectivity index (χ4v) is 5.32. The van der Waals surface area contributed by atoms with Gasteiger partial charge in [-0.15, -0.1) is 0 Å². The lowest BCUT2D eigenvalue weighted by Crippen LogP contribution is -2.92. The van der Waals surface area contributed by atoms with Crippen molar-refractivity contribution in [2.75, 3.05) is 0 Å². The van der Waals surface area contributed by atoms with Crippen molar-refractivity contribution in [3.63, 3.8) is 0 Å². The first-order valence-corrected chi connectivity index (χ1v) is 5.04. The van der Waals surface area contributed by atoms with E-state index in [4.69, 9.17) is 10.5 Å². The molecule has 0 bridgehead atoms. The van der Waals surface area contributed by atoms with Crippen molar-refractivity contribution in [1.82, 2.24) is 0 Å². The van der Waals surface area contributed by atoms with Gasteiger partial charge in [-0.25, -0.2) is 0 Å². The standard InChI is InChI=1S/C11H10N2/c1-10(3-12)7-5-2-6-8(10)9(7)11(5,6)4-13/h5-9H,2H2,1H3/t5-,6+,7?,8?,9?,10?,11?. The molecular formula is C11H10N2. The summed E-state index contributed by atoms with van der Waals surface area (Å²) in [6.07, 6.45) is 1.25. The largest absolute Gasteiger partial charge is 0.198 e. The molecule has 0 heterocycles. The lowest BCUT2D eigenvalue weighted by atomic mass is 9.08. The maximum Gasteiger partial charge on any atom is 0.0699 e. The number of nitrogens with zero attached hydrogens (tertiary/aromatic N) is 2. The number of fused-ring (bicyclic) bond motifs is 2. The van der Waals surface area contributed by atoms with Gasteiger partial charge >= 0.3 is 0 Å². The summed E-state index contributed by atoms with van der Waals surface area (Å²) in [6, 6.07) is 5.02. The van der Waals surface area contributed by atoms with Crippen LogP contribution in [-0.4, -0.2) is 0 Å². The molecule has 0 saturated heterocycles. The zero-order chi connectivity index (χ0) is 9.01. The predicted octanol–water partition coefficient (Wildman–Crippen LogP) is 1.55. The monoisotopic (exact) mass is 170 g/mol. The predicted molar refractivity (Wildman–Crippen MR) is 43.8 cm³/mol. The Morgan fingerprint density at radius 3 is 2.08 bits per heavy atom. The van der Waals surface area contributed by atoms with Crippen LogP contribution in [0.5, 0.6) is 0 Å². The average Bonchev–Trinajstić information content (AvgIpc) is 2.17. The molecule has 4 rings (SSSR count). The second-order valence-electron chi connectivity index (χ2n) is 5.47. The van der Waals surface area contributed by atoms with Crippen LogP contribution in [0.15, 0.2) is 0 Å². The third kappa shape index (κ3) is 0.293. The molecule has 0 amide bonds. The summed E-state index contributed by atoms with van der Waals surface area (Å²) >= 11 is 0. The van der Waals surface area contributed by atoms with Crippen LogP contribution in [0, 0.1) is 63.1 Å². The van der Waals surface area contributed by atoms with Crippen molar-refractivity contribution in [1.29, 1.82) is 10.5 Å². The minimum atomic E-state index is -0.0448. The van der Waals surface area contributed by atoms with Crippen LogP contribution >= 0.6 is 0 Å². The highest BCUT2D eigenvalue weighted by Crippen LogP contribution is 2.95. The zero-order valence-corrected chi connectivity index (χ0v) is 7.49. The lowest BCUT2D eigenvalue weighted by Gasteiger charge is -2.92. The highest BCUT2D eigenvalue weighted by molar-refractivity contribution is 5.47. The molecule has 0 aliphatic heterocycles. The molecule has 13 heavy (non-hydrogen) atoms. The first-order valence-electron chi connectivity index (χ1n) is 5.04. The van der Waals surface area contributed by atoms with Crippen LogP contribution in [0.4, 0.5) is 0 Å². The third-order valence-electron chi connectivity index (χ3n) is 5.75. The Labute approximate surface area is 77.2 Å². The SMILES string of the molecule is CC1(C#N)C2C3C1[C@@H]1C[C@H]2C31C#N. The Bertz CT molecular complexity index is 379. The van der Waals surface area contributed by atoms with E-state index in [1.807, 2.05) is 0 Å². The molecule has 0 spiro atoms. The molecule has 0 aromatic heterocycles. The second kappa shape index (κ2) is 1.30. The molecule has 4 aliphatic carbocycles. The average molecular weight is 170 g/mol. The Morgan fingerprint density at radius 1 is 1.08 bits per heavy atom. The highest BCUT2D eigenvalue weighted by Gasteiger charge is 2.95. The van der Waals surface area contributed by atoms with Crippen molar-refractivity contribution in [3.05, 3.63) is 0 Å². The Balaban J connectivity index is 1.84. The zero-order valence-electron chi connectivity index (χ0n) is 7.49. The van der Waals surface area contributed by atoms with Gasteiger partial charge in [-0.05, 0) is 42.9 Å². The Hall–Kier alpha value is -1.02. The molecule has 2 nitrogen and oxygen atoms in total. The molecule has 7 atom stereocenters. The molecule has 4 fully saturated rings. The molecule has 0 radical (unpaired) electrons. The minimum absolute atomic E-state index is 0.0448. The van der Waals surface area contributed by atoms with Crippen molar-refractivity contribution >= 4 is 0 Å². The van der Waals surface area contributed by atoms with Crippen molar-refractivity contribution in [3.8, 4) is 12.1 Å². The van der Waals surface area contributed by atoms with E-state index in [1.54, 1.807) is 0 Å². The van der Waals surface area contributed by atoms with Gasteiger partial charge in [0.25, 0.3) is 0 Å². The molecule has 64 valence electrons. The molecular weight excluding hydrogens is 160 g/mol. The van der Waals surface area contributed by atoms with E-state index in [9.17, 15) is 0 Å². The van der Waals surface area contributed by atoms with Crippen LogP contribution in [0.1, 0.15) is 13.3 Å². The molecule has 2 heteroatoms. The summed E-state index contributed by atoms with van der Waals surface area (Å²) < 4.78 is 0. The minimum Gasteiger partial charge on any atom is -0.198 e. The number of hydrogen-bond acceptors (Lipinski definition) is 2. The van der Waals surface area contributed by atoms with Gasteiger partial charge in [0.1, 0.15) is 0 Å². The normalized spacial score (nSPS) is 73.9. The summed E-state index contributed by atoms with van der Waals surface area (Å²) in [6.45, 7) is 2.11. The number of nitriles is 2. The van der Waals surface area contributed by atoms with Gasteiger partial charge < -0.3 is 0 Å². The second-order valence-corrected chi connectivity index (χ2v) is 5.47. The Morgan fingerprint density at radius 2 is 1.69 bits per heavy atom. The fourth-order valence-electron chi connectivity index (χ4n) is 5.32. The Kier molecular flexibility index (Phi) is 0.645. The fraction of sp³-hybridized carbons (Fsp3) is 0.818. The van der Waals surface area contributed by atoms with Gasteiger partial charge in [0.2, 0.25) is 0 Å². The highest BCUT2D eigenvalue weighted by atomic mass is 15.0. The van der Waals surface area contributed by atoms with Crippen LogP contribution in [0.25, 0.3) is 0 Å². The maximum absolute atomic E-state index is 9.12. The van der Waals surface area contributed by atoms with Crippen LogP contribution in [0.3, 0.4) is 0 Å². The molecule has 0 aromatic rings. The summed E-state index contributed by atoms with van der Waals surface area (Å²) in [5.41, 5.74) is 0.0442. The van der Waals surface area contributed by atoms with Crippen LogP contribution in [-0.2, 0) is 0 Å². The summed E-state index contributed by atoms with van der Waals surface area (Å²) in [5.74, 6) is 3.01. The van der Waals surface area contributed by atoms with Crippen molar-refractivity contribution in [2.24, 2.45) is 40.4 Å². The number of hydrogen-bond donors (Lipinski definition) is 0. The van der Waals surface area contributed by atoms with Gasteiger partial charge in [-0.2, -0.15) is 10.5 Å². The van der Waals surface area contributed by atoms with Gasteiger partial charge in [-0.3, -0.25) is 0 Å². The van der Waals surface area contributed by atoms with Crippen LogP contribution in [0.2, 0.25) is 0 Å². The van der Waals surface area contributed by atoms with E-state index in [-0.39, 0.29) is 10.8 Å². The van der Waals surface area contributed by atoms with Gasteiger partial charge in [0.05, 0.1) is 23.0 Å². The van der Waals surface area contributed by atoms with E-state index < -0.39 is 0 Å². The van der Waals surface area contributed by atoms with Gasteiger partial charge in [0.15, 0.2) is 0 Å². The van der Waals surface area contributed by atoms with E-state index in [2.05, 4.69) is 19.1 Å². The van der Waals surface area contributed by atoms with E-state index in [0.717, 1.165) is 0 Å². The topological polar surface area (TPSA) is 47.6 Å². The lowest BCUT2D eigenvalue weighted by molar-refractivity contribution is -0.462. The van der Waals surface area contributed by atoms with E-state index >= 15 is 0 Å². The smallest absolute Gasteiger partial charge is 0.0699 e. The van der Waals surface area contributed by atoms with Gasteiger partial charge in [0, 0.05) is 0 Å². The summed E-state index contributed by atoms with van der Waals surface area (Å²) in [7, 11) is 0. The first kappa shape index (κ1) is 6.44. The van der Waals surface area contributed by atoms with Crippen molar-refractivity contribution in [2.45, 2.75) is 13.3 Å². The molecule has 4 aliphatic rings.